The molecule has 2 heterocycles. The van der Waals surface area contributed by atoms with Crippen LogP contribution in [0.2, 0.25) is 0 Å². The fourth-order valence-electron chi connectivity index (χ4n) is 3.65. The molecule has 0 radical (unpaired) electrons. The Morgan fingerprint density at radius 1 is 1.19 bits per heavy atom. The Labute approximate surface area is 164 Å². The van der Waals surface area contributed by atoms with Gasteiger partial charge in [-0.1, -0.05) is 36.4 Å². The van der Waals surface area contributed by atoms with E-state index >= 15 is 0 Å². The third-order valence-electron chi connectivity index (χ3n) is 5.09. The number of nitrogens with one attached hydrogen (secondary N) is 1. The molecular weight excluding hydrogens is 354 g/mol. The van der Waals surface area contributed by atoms with Crippen LogP contribution in [0.4, 0.5) is 0 Å². The topological polar surface area (TPSA) is 37.3 Å². The number of hydrogen-bond acceptors (Lipinski definition) is 3. The van der Waals surface area contributed by atoms with Gasteiger partial charge in [-0.3, -0.25) is 4.79 Å². The van der Waals surface area contributed by atoms with Crippen LogP contribution in [-0.4, -0.2) is 41.8 Å². The van der Waals surface area contributed by atoms with E-state index in [-0.39, 0.29) is 11.9 Å². The molecule has 1 N–H and O–H groups in total. The zero-order valence-electron chi connectivity index (χ0n) is 15.8. The van der Waals surface area contributed by atoms with E-state index in [0.717, 1.165) is 41.7 Å². The van der Waals surface area contributed by atoms with Gasteiger partial charge in [0.25, 0.3) is 5.91 Å². The average molecular weight is 380 g/mol. The van der Waals surface area contributed by atoms with Crippen molar-refractivity contribution in [1.29, 1.82) is 0 Å². The molecule has 4 rings (SSSR count). The number of amides is 1. The van der Waals surface area contributed by atoms with Crippen LogP contribution in [0.3, 0.4) is 0 Å². The van der Waals surface area contributed by atoms with Crippen molar-refractivity contribution in [2.75, 3.05) is 26.4 Å². The Morgan fingerprint density at radius 3 is 2.81 bits per heavy atom. The number of para-hydroxylation sites is 1. The van der Waals surface area contributed by atoms with Crippen molar-refractivity contribution in [3.63, 3.8) is 0 Å². The van der Waals surface area contributed by atoms with Crippen LogP contribution in [-0.2, 0) is 6.54 Å². The molecule has 0 saturated heterocycles. The van der Waals surface area contributed by atoms with Crippen molar-refractivity contribution in [3.8, 4) is 0 Å². The summed E-state index contributed by atoms with van der Waals surface area (Å²) in [4.78, 5) is 16.6. The van der Waals surface area contributed by atoms with E-state index in [0.29, 0.717) is 0 Å². The van der Waals surface area contributed by atoms with Crippen LogP contribution in [0.15, 0.2) is 59.6 Å². The quantitative estimate of drug-likeness (QED) is 0.723. The van der Waals surface area contributed by atoms with E-state index in [4.69, 9.17) is 0 Å². The predicted molar refractivity (Wildman–Crippen MR) is 112 cm³/mol. The molecule has 1 atom stereocenters. The maximum Gasteiger partial charge on any atom is 0.253 e. The normalized spacial score (nSPS) is 16.5. The first kappa shape index (κ1) is 18.1. The number of benzene rings is 2. The fraction of sp³-hybridized carbons (Fsp3) is 0.318. The van der Waals surface area contributed by atoms with Crippen LogP contribution < -0.4 is 5.32 Å². The van der Waals surface area contributed by atoms with Crippen molar-refractivity contribution < 1.29 is 4.79 Å². The Morgan fingerprint density at radius 2 is 1.96 bits per heavy atom. The lowest BCUT2D eigenvalue weighted by molar-refractivity contribution is 0.0936. The second-order valence-corrected chi connectivity index (χ2v) is 8.39. The van der Waals surface area contributed by atoms with Crippen molar-refractivity contribution in [2.45, 2.75) is 23.9 Å². The number of nitrogens with zero attached hydrogens (tertiary/aromatic N) is 2. The molecule has 0 fully saturated rings. The summed E-state index contributed by atoms with van der Waals surface area (Å²) < 4.78 is 2.19. The number of aromatic nitrogens is 1. The van der Waals surface area contributed by atoms with E-state index in [1.165, 1.54) is 10.5 Å². The molecule has 2 aromatic carbocycles. The van der Waals surface area contributed by atoms with E-state index in [1.807, 2.05) is 36.2 Å². The van der Waals surface area contributed by atoms with Gasteiger partial charge in [-0.05, 0) is 38.2 Å². The Balaban J connectivity index is 1.62. The van der Waals surface area contributed by atoms with Gasteiger partial charge < -0.3 is 14.8 Å². The Kier molecular flexibility index (Phi) is 5.23. The van der Waals surface area contributed by atoms with Crippen molar-refractivity contribution in [3.05, 3.63) is 65.9 Å². The van der Waals surface area contributed by atoms with Gasteiger partial charge in [0.05, 0.1) is 11.6 Å². The summed E-state index contributed by atoms with van der Waals surface area (Å²) in [7, 11) is 4.13. The average Bonchev–Trinajstić information content (AvgIpc) is 3.06. The molecule has 0 bridgehead atoms. The number of rotatable bonds is 5. The molecule has 1 aliphatic rings. The van der Waals surface area contributed by atoms with Crippen LogP contribution in [0.5, 0.6) is 0 Å². The molecule has 0 saturated carbocycles. The molecule has 0 spiro atoms. The SMILES string of the molecule is CN(C)CCn1cc(C(=O)NC2CCSc3ccccc32)c2ccccc21. The largest absolute Gasteiger partial charge is 0.345 e. The number of thioether (sulfide) groups is 1. The second-order valence-electron chi connectivity index (χ2n) is 7.26. The van der Waals surface area contributed by atoms with Crippen molar-refractivity contribution in [1.82, 2.24) is 14.8 Å². The standard InChI is InChI=1S/C22H25N3OS/c1-24(2)12-13-25-15-18(16-7-3-5-9-20(16)25)22(26)23-19-11-14-27-21-10-6-4-8-17(19)21/h3-10,15,19H,11-14H2,1-2H3,(H,23,26). The first-order valence-electron chi connectivity index (χ1n) is 9.38. The minimum Gasteiger partial charge on any atom is -0.345 e. The molecule has 3 aromatic rings. The number of carbonyl (C=O) groups excluding carboxylic acids is 1. The summed E-state index contributed by atoms with van der Waals surface area (Å²) in [5.41, 5.74) is 3.11. The van der Waals surface area contributed by atoms with Gasteiger partial charge in [0.2, 0.25) is 0 Å². The van der Waals surface area contributed by atoms with Gasteiger partial charge in [0.15, 0.2) is 0 Å². The molecule has 0 aliphatic carbocycles. The molecule has 140 valence electrons. The summed E-state index contributed by atoms with van der Waals surface area (Å²) in [5.74, 6) is 1.05. The monoisotopic (exact) mass is 379 g/mol. The lowest BCUT2D eigenvalue weighted by Gasteiger charge is -2.25. The summed E-state index contributed by atoms with van der Waals surface area (Å²) >= 11 is 1.87. The van der Waals surface area contributed by atoms with Crippen LogP contribution >= 0.6 is 11.8 Å². The minimum absolute atomic E-state index is 0.0153. The smallest absolute Gasteiger partial charge is 0.253 e. The van der Waals surface area contributed by atoms with E-state index in [1.54, 1.807) is 0 Å². The first-order valence-corrected chi connectivity index (χ1v) is 10.4. The summed E-state index contributed by atoms with van der Waals surface area (Å²) in [6.45, 7) is 1.80. The van der Waals surface area contributed by atoms with Gasteiger partial charge in [-0.25, -0.2) is 0 Å². The number of likely N-dealkylation sites (N-methyl/N-ethyl adjacent to an activating group) is 1. The second kappa shape index (κ2) is 7.79. The van der Waals surface area contributed by atoms with Crippen LogP contribution in [0.25, 0.3) is 10.9 Å². The number of carbonyl (C=O) groups is 1. The number of fused-ring (bicyclic) bond motifs is 2. The summed E-state index contributed by atoms with van der Waals surface area (Å²) in [6, 6.07) is 16.6. The maximum absolute atomic E-state index is 13.1. The highest BCUT2D eigenvalue weighted by Crippen LogP contribution is 2.36. The van der Waals surface area contributed by atoms with Crippen LogP contribution in [0.1, 0.15) is 28.4 Å². The van der Waals surface area contributed by atoms with Gasteiger partial charge in [0, 0.05) is 40.8 Å². The van der Waals surface area contributed by atoms with Crippen molar-refractivity contribution >= 4 is 28.6 Å². The predicted octanol–water partition coefficient (Wildman–Crippen LogP) is 4.17. The van der Waals surface area contributed by atoms with E-state index in [9.17, 15) is 4.79 Å². The third kappa shape index (κ3) is 3.75. The van der Waals surface area contributed by atoms with Gasteiger partial charge in [-0.2, -0.15) is 0 Å². The first-order chi connectivity index (χ1) is 13.1. The van der Waals surface area contributed by atoms with Gasteiger partial charge in [-0.15, -0.1) is 11.8 Å². The molecule has 1 amide bonds. The molecule has 4 nitrogen and oxygen atoms in total. The highest BCUT2D eigenvalue weighted by molar-refractivity contribution is 7.99. The third-order valence-corrected chi connectivity index (χ3v) is 6.21. The lowest BCUT2D eigenvalue weighted by Crippen LogP contribution is -2.30. The highest BCUT2D eigenvalue weighted by atomic mass is 32.2. The Bertz CT molecular complexity index is 963. The minimum atomic E-state index is 0.0153. The molecule has 1 aliphatic heterocycles. The van der Waals surface area contributed by atoms with E-state index in [2.05, 4.69) is 59.2 Å². The van der Waals surface area contributed by atoms with Crippen LogP contribution in [0, 0.1) is 0 Å². The van der Waals surface area contributed by atoms with Crippen molar-refractivity contribution in [2.24, 2.45) is 0 Å². The molecule has 27 heavy (non-hydrogen) atoms. The molecule has 5 heteroatoms. The zero-order valence-corrected chi connectivity index (χ0v) is 16.6. The maximum atomic E-state index is 13.1. The van der Waals surface area contributed by atoms with Gasteiger partial charge >= 0.3 is 0 Å². The lowest BCUT2D eigenvalue weighted by atomic mass is 10.0. The highest BCUT2D eigenvalue weighted by Gasteiger charge is 2.24. The fourth-order valence-corrected chi connectivity index (χ4v) is 4.77. The Hall–Kier alpha value is -2.24. The van der Waals surface area contributed by atoms with Gasteiger partial charge in [0.1, 0.15) is 0 Å². The molecule has 1 aromatic heterocycles. The summed E-state index contributed by atoms with van der Waals surface area (Å²) in [6.07, 6.45) is 2.97. The zero-order chi connectivity index (χ0) is 18.8. The molecular formula is C22H25N3OS. The van der Waals surface area contributed by atoms with E-state index < -0.39 is 0 Å². The number of hydrogen-bond donors (Lipinski definition) is 1. The molecule has 1 unspecified atom stereocenters. The summed E-state index contributed by atoms with van der Waals surface area (Å²) in [5, 5.41) is 4.31.